The predicted octanol–water partition coefficient (Wildman–Crippen LogP) is 10.0. The van der Waals surface area contributed by atoms with E-state index in [1.807, 2.05) is 0 Å². The van der Waals surface area contributed by atoms with Crippen molar-refractivity contribution in [2.75, 3.05) is 5.32 Å². The van der Waals surface area contributed by atoms with Crippen molar-refractivity contribution in [3.05, 3.63) is 139 Å². The SMILES string of the molecule is C1=CC(c2cccc(Nc3ccc(-c4ccc5c(c4)c4ccccc4n5-c4ccccc4)cc3)c2)CCC1. The number of allylic oxidation sites excluding steroid dienone is 2. The Hall–Kier alpha value is -4.56. The summed E-state index contributed by atoms with van der Waals surface area (Å²) >= 11 is 0. The van der Waals surface area contributed by atoms with E-state index in [-0.39, 0.29) is 0 Å². The van der Waals surface area contributed by atoms with Gasteiger partial charge in [0.2, 0.25) is 0 Å². The average molecular weight is 491 g/mol. The van der Waals surface area contributed by atoms with Gasteiger partial charge in [0.15, 0.2) is 0 Å². The van der Waals surface area contributed by atoms with Gasteiger partial charge < -0.3 is 9.88 Å². The minimum absolute atomic E-state index is 0.538. The molecule has 0 amide bonds. The smallest absolute Gasteiger partial charge is 0.0541 e. The molecule has 1 atom stereocenters. The van der Waals surface area contributed by atoms with Gasteiger partial charge in [-0.2, -0.15) is 0 Å². The first kappa shape index (κ1) is 22.6. The highest BCUT2D eigenvalue weighted by Gasteiger charge is 2.13. The van der Waals surface area contributed by atoms with Crippen molar-refractivity contribution in [1.82, 2.24) is 4.57 Å². The second kappa shape index (κ2) is 9.72. The standard InChI is InChI=1S/C36H30N2/c1-3-10-26(11-4-1)28-12-9-13-31(24-28)37-30-21-18-27(19-22-30)29-20-23-36-34(25-29)33-16-7-8-17-35(33)38(36)32-14-5-2-6-15-32/h2-3,5-10,12-26,37H,1,4,11H2. The fraction of sp³-hybridized carbons (Fsp3) is 0.111. The third-order valence-electron chi connectivity index (χ3n) is 7.76. The molecule has 1 aromatic heterocycles. The van der Waals surface area contributed by atoms with Crippen LogP contribution in [0.1, 0.15) is 30.7 Å². The quantitative estimate of drug-likeness (QED) is 0.238. The molecule has 0 aliphatic heterocycles. The lowest BCUT2D eigenvalue weighted by atomic mass is 9.89. The second-order valence-corrected chi connectivity index (χ2v) is 10.2. The Morgan fingerprint density at radius 1 is 0.605 bits per heavy atom. The number of hydrogen-bond donors (Lipinski definition) is 1. The summed E-state index contributed by atoms with van der Waals surface area (Å²) in [6.45, 7) is 0. The normalized spacial score (nSPS) is 15.2. The molecular formula is C36H30N2. The van der Waals surface area contributed by atoms with E-state index in [4.69, 9.17) is 0 Å². The van der Waals surface area contributed by atoms with Gasteiger partial charge in [-0.1, -0.05) is 78.9 Å². The van der Waals surface area contributed by atoms with Crippen LogP contribution in [-0.2, 0) is 0 Å². The second-order valence-electron chi connectivity index (χ2n) is 10.2. The van der Waals surface area contributed by atoms with Gasteiger partial charge in [0.05, 0.1) is 11.0 Å². The molecule has 5 aromatic carbocycles. The zero-order valence-corrected chi connectivity index (χ0v) is 21.3. The zero-order valence-electron chi connectivity index (χ0n) is 21.3. The summed E-state index contributed by atoms with van der Waals surface area (Å²) in [5.74, 6) is 0.538. The van der Waals surface area contributed by atoms with Crippen LogP contribution in [0.25, 0.3) is 38.6 Å². The first-order valence-electron chi connectivity index (χ1n) is 13.6. The summed E-state index contributed by atoms with van der Waals surface area (Å²) in [4.78, 5) is 0. The molecule has 1 aliphatic carbocycles. The van der Waals surface area contributed by atoms with E-state index in [2.05, 4.69) is 143 Å². The van der Waals surface area contributed by atoms with Crippen LogP contribution >= 0.6 is 0 Å². The van der Waals surface area contributed by atoms with Crippen LogP contribution in [0.4, 0.5) is 11.4 Å². The Labute approximate surface area is 223 Å². The van der Waals surface area contributed by atoms with Crippen LogP contribution < -0.4 is 5.32 Å². The average Bonchev–Trinajstić information content (AvgIpc) is 3.32. The number of fused-ring (bicyclic) bond motifs is 3. The summed E-state index contributed by atoms with van der Waals surface area (Å²) in [5, 5.41) is 6.16. The molecule has 7 rings (SSSR count). The van der Waals surface area contributed by atoms with E-state index in [0.717, 1.165) is 11.4 Å². The third-order valence-corrected chi connectivity index (χ3v) is 7.76. The highest BCUT2D eigenvalue weighted by Crippen LogP contribution is 2.35. The number of rotatable bonds is 5. The Bertz CT molecular complexity index is 1760. The van der Waals surface area contributed by atoms with Gasteiger partial charge in [-0.05, 0) is 90.6 Å². The van der Waals surface area contributed by atoms with Gasteiger partial charge in [-0.25, -0.2) is 0 Å². The van der Waals surface area contributed by atoms with Crippen LogP contribution in [-0.4, -0.2) is 4.57 Å². The lowest BCUT2D eigenvalue weighted by Crippen LogP contribution is -2.00. The van der Waals surface area contributed by atoms with Crippen molar-refractivity contribution < 1.29 is 0 Å². The first-order valence-corrected chi connectivity index (χ1v) is 13.6. The summed E-state index contributed by atoms with van der Waals surface area (Å²) < 4.78 is 2.36. The van der Waals surface area contributed by atoms with E-state index in [9.17, 15) is 0 Å². The summed E-state index contributed by atoms with van der Waals surface area (Å²) in [6.07, 6.45) is 8.42. The molecule has 2 heteroatoms. The third kappa shape index (κ3) is 4.18. The molecule has 0 saturated heterocycles. The lowest BCUT2D eigenvalue weighted by molar-refractivity contribution is 0.654. The van der Waals surface area contributed by atoms with Gasteiger partial charge in [-0.3, -0.25) is 0 Å². The topological polar surface area (TPSA) is 17.0 Å². The Morgan fingerprint density at radius 3 is 2.24 bits per heavy atom. The molecule has 2 nitrogen and oxygen atoms in total. The van der Waals surface area contributed by atoms with Crippen molar-refractivity contribution in [3.63, 3.8) is 0 Å². The summed E-state index contributed by atoms with van der Waals surface area (Å²) in [5.41, 5.74) is 9.73. The number of nitrogens with one attached hydrogen (secondary N) is 1. The zero-order chi connectivity index (χ0) is 25.3. The molecule has 184 valence electrons. The maximum atomic E-state index is 3.61. The molecule has 0 bridgehead atoms. The monoisotopic (exact) mass is 490 g/mol. The fourth-order valence-electron chi connectivity index (χ4n) is 5.86. The minimum atomic E-state index is 0.538. The Morgan fingerprint density at radius 2 is 1.39 bits per heavy atom. The van der Waals surface area contributed by atoms with Crippen LogP contribution in [0.15, 0.2) is 133 Å². The van der Waals surface area contributed by atoms with Crippen LogP contribution in [0.3, 0.4) is 0 Å². The maximum absolute atomic E-state index is 3.61. The summed E-state index contributed by atoms with van der Waals surface area (Å²) in [6, 6.07) is 43.8. The minimum Gasteiger partial charge on any atom is -0.356 e. The highest BCUT2D eigenvalue weighted by molar-refractivity contribution is 6.10. The number of nitrogens with zero attached hydrogens (tertiary/aromatic N) is 1. The molecule has 1 heterocycles. The van der Waals surface area contributed by atoms with E-state index >= 15 is 0 Å². The molecule has 1 aliphatic rings. The van der Waals surface area contributed by atoms with Gasteiger partial charge in [-0.15, -0.1) is 0 Å². The molecule has 1 N–H and O–H groups in total. The van der Waals surface area contributed by atoms with Crippen molar-refractivity contribution in [1.29, 1.82) is 0 Å². The van der Waals surface area contributed by atoms with Crippen LogP contribution in [0, 0.1) is 0 Å². The number of hydrogen-bond acceptors (Lipinski definition) is 1. The van der Waals surface area contributed by atoms with E-state index in [1.54, 1.807) is 0 Å². The molecule has 1 unspecified atom stereocenters. The van der Waals surface area contributed by atoms with Gasteiger partial charge >= 0.3 is 0 Å². The van der Waals surface area contributed by atoms with E-state index < -0.39 is 0 Å². The van der Waals surface area contributed by atoms with Crippen molar-refractivity contribution >= 4 is 33.2 Å². The van der Waals surface area contributed by atoms with Gasteiger partial charge in [0.25, 0.3) is 0 Å². The summed E-state index contributed by atoms with van der Waals surface area (Å²) in [7, 11) is 0. The highest BCUT2D eigenvalue weighted by atomic mass is 15.0. The van der Waals surface area contributed by atoms with Gasteiger partial charge in [0.1, 0.15) is 0 Å². The predicted molar refractivity (Wildman–Crippen MR) is 162 cm³/mol. The van der Waals surface area contributed by atoms with Crippen LogP contribution in [0.5, 0.6) is 0 Å². The number of benzene rings is 5. The molecule has 0 spiro atoms. The Balaban J connectivity index is 1.20. The van der Waals surface area contributed by atoms with Crippen molar-refractivity contribution in [2.45, 2.75) is 25.2 Å². The molecule has 0 saturated carbocycles. The van der Waals surface area contributed by atoms with Crippen molar-refractivity contribution in [2.24, 2.45) is 0 Å². The van der Waals surface area contributed by atoms with Gasteiger partial charge in [0, 0.05) is 33.8 Å². The molecule has 38 heavy (non-hydrogen) atoms. The molecular weight excluding hydrogens is 460 g/mol. The van der Waals surface area contributed by atoms with E-state index in [0.29, 0.717) is 5.92 Å². The lowest BCUT2D eigenvalue weighted by Gasteiger charge is -2.18. The number of anilines is 2. The van der Waals surface area contributed by atoms with Crippen molar-refractivity contribution in [3.8, 4) is 16.8 Å². The number of aromatic nitrogens is 1. The first-order chi connectivity index (χ1) is 18.8. The Kier molecular flexibility index (Phi) is 5.79. The molecule has 6 aromatic rings. The van der Waals surface area contributed by atoms with E-state index in [1.165, 1.54) is 63.4 Å². The largest absolute Gasteiger partial charge is 0.356 e. The fourth-order valence-corrected chi connectivity index (χ4v) is 5.86. The van der Waals surface area contributed by atoms with Crippen LogP contribution in [0.2, 0.25) is 0 Å². The molecule has 0 radical (unpaired) electrons. The number of para-hydroxylation sites is 2. The molecule has 0 fully saturated rings. The maximum Gasteiger partial charge on any atom is 0.0541 e.